The smallest absolute Gasteiger partial charge is 0.0224 e. The summed E-state index contributed by atoms with van der Waals surface area (Å²) in [5.74, 6) is 0. The highest BCUT2D eigenvalue weighted by atomic mass is 15.0. The molecular weight excluding hydrogens is 268 g/mol. The zero-order valence-corrected chi connectivity index (χ0v) is 13.2. The van der Waals surface area contributed by atoms with Crippen molar-refractivity contribution >= 4 is 0 Å². The van der Waals surface area contributed by atoms with E-state index in [2.05, 4.69) is 71.3 Å². The van der Waals surface area contributed by atoms with Crippen molar-refractivity contribution in [3.63, 3.8) is 0 Å². The molecule has 0 saturated heterocycles. The molecular formula is C20H26N2. The minimum Gasteiger partial charge on any atom is -0.308 e. The molecule has 1 aliphatic rings. The topological polar surface area (TPSA) is 24.1 Å². The third-order valence-electron chi connectivity index (χ3n) is 4.59. The first-order valence-corrected chi connectivity index (χ1v) is 8.46. The van der Waals surface area contributed by atoms with Gasteiger partial charge in [0.05, 0.1) is 0 Å². The molecule has 0 unspecified atom stereocenters. The fourth-order valence-corrected chi connectivity index (χ4v) is 3.31. The van der Waals surface area contributed by atoms with Crippen LogP contribution in [0.15, 0.2) is 60.7 Å². The molecule has 1 aliphatic carbocycles. The lowest BCUT2D eigenvalue weighted by molar-refractivity contribution is 0.281. The van der Waals surface area contributed by atoms with Gasteiger partial charge in [0.15, 0.2) is 0 Å². The van der Waals surface area contributed by atoms with Gasteiger partial charge < -0.3 is 10.6 Å². The second kappa shape index (κ2) is 8.11. The lowest BCUT2D eigenvalue weighted by Gasteiger charge is -2.33. The summed E-state index contributed by atoms with van der Waals surface area (Å²) in [7, 11) is 0. The quantitative estimate of drug-likeness (QED) is 0.845. The number of benzene rings is 2. The highest BCUT2D eigenvalue weighted by Crippen LogP contribution is 2.19. The maximum atomic E-state index is 3.76. The average molecular weight is 294 g/mol. The zero-order valence-electron chi connectivity index (χ0n) is 13.2. The normalized spacial score (nSPS) is 21.6. The van der Waals surface area contributed by atoms with Gasteiger partial charge in [0.2, 0.25) is 0 Å². The molecule has 2 aromatic rings. The first kappa shape index (κ1) is 15.3. The van der Waals surface area contributed by atoms with Crippen molar-refractivity contribution in [2.24, 2.45) is 0 Å². The highest BCUT2D eigenvalue weighted by molar-refractivity contribution is 5.15. The van der Waals surface area contributed by atoms with E-state index in [0.29, 0.717) is 12.1 Å². The molecule has 2 heteroatoms. The standard InChI is InChI=1S/C20H26N2/c1-3-9-17(10-4-1)15-21-19-13-7-8-14-20(19)22-16-18-11-5-2-6-12-18/h1-6,9-12,19-22H,7-8,13-16H2/t19-,20+. The lowest BCUT2D eigenvalue weighted by atomic mass is 9.90. The van der Waals surface area contributed by atoms with Gasteiger partial charge in [-0.1, -0.05) is 73.5 Å². The third kappa shape index (κ3) is 4.43. The summed E-state index contributed by atoms with van der Waals surface area (Å²) in [6, 6.07) is 22.6. The van der Waals surface area contributed by atoms with Crippen LogP contribution in [-0.4, -0.2) is 12.1 Å². The van der Waals surface area contributed by atoms with Crippen molar-refractivity contribution in [2.45, 2.75) is 50.9 Å². The first-order valence-electron chi connectivity index (χ1n) is 8.46. The van der Waals surface area contributed by atoms with E-state index < -0.39 is 0 Å². The molecule has 2 N–H and O–H groups in total. The van der Waals surface area contributed by atoms with Crippen LogP contribution in [-0.2, 0) is 13.1 Å². The van der Waals surface area contributed by atoms with E-state index in [1.165, 1.54) is 36.8 Å². The van der Waals surface area contributed by atoms with Crippen molar-refractivity contribution in [3.05, 3.63) is 71.8 Å². The van der Waals surface area contributed by atoms with Gasteiger partial charge in [-0.3, -0.25) is 0 Å². The minimum atomic E-state index is 0.581. The van der Waals surface area contributed by atoms with Gasteiger partial charge >= 0.3 is 0 Å². The Morgan fingerprint density at radius 3 is 1.45 bits per heavy atom. The van der Waals surface area contributed by atoms with E-state index in [1.807, 2.05) is 0 Å². The van der Waals surface area contributed by atoms with Crippen LogP contribution in [0.3, 0.4) is 0 Å². The van der Waals surface area contributed by atoms with Crippen molar-refractivity contribution < 1.29 is 0 Å². The Labute approximate surface area is 134 Å². The Bertz CT molecular complexity index is 487. The molecule has 0 aliphatic heterocycles. The third-order valence-corrected chi connectivity index (χ3v) is 4.59. The van der Waals surface area contributed by atoms with Crippen LogP contribution in [0.2, 0.25) is 0 Å². The molecule has 0 aromatic heterocycles. The van der Waals surface area contributed by atoms with Crippen LogP contribution in [0, 0.1) is 0 Å². The molecule has 116 valence electrons. The number of hydrogen-bond acceptors (Lipinski definition) is 2. The van der Waals surface area contributed by atoms with Gasteiger partial charge in [-0.15, -0.1) is 0 Å². The number of hydrogen-bond donors (Lipinski definition) is 2. The van der Waals surface area contributed by atoms with Crippen LogP contribution in [0.5, 0.6) is 0 Å². The molecule has 22 heavy (non-hydrogen) atoms. The predicted molar refractivity (Wildman–Crippen MR) is 92.6 cm³/mol. The van der Waals surface area contributed by atoms with Gasteiger partial charge in [-0.05, 0) is 24.0 Å². The highest BCUT2D eigenvalue weighted by Gasteiger charge is 2.23. The summed E-state index contributed by atoms with van der Waals surface area (Å²) in [5.41, 5.74) is 2.74. The van der Waals surface area contributed by atoms with Crippen molar-refractivity contribution in [2.75, 3.05) is 0 Å². The van der Waals surface area contributed by atoms with E-state index in [9.17, 15) is 0 Å². The molecule has 0 heterocycles. The van der Waals surface area contributed by atoms with Crippen LogP contribution < -0.4 is 10.6 Å². The minimum absolute atomic E-state index is 0.581. The second-order valence-corrected chi connectivity index (χ2v) is 6.23. The monoisotopic (exact) mass is 294 g/mol. The van der Waals surface area contributed by atoms with Crippen molar-refractivity contribution in [1.82, 2.24) is 10.6 Å². The summed E-state index contributed by atoms with van der Waals surface area (Å²) in [6.07, 6.45) is 5.24. The lowest BCUT2D eigenvalue weighted by Crippen LogP contribution is -2.49. The van der Waals surface area contributed by atoms with Gasteiger partial charge in [-0.25, -0.2) is 0 Å². The molecule has 0 amide bonds. The van der Waals surface area contributed by atoms with Gasteiger partial charge in [-0.2, -0.15) is 0 Å². The Balaban J connectivity index is 1.52. The average Bonchev–Trinajstić information content (AvgIpc) is 2.61. The number of rotatable bonds is 6. The molecule has 3 rings (SSSR count). The Kier molecular flexibility index (Phi) is 5.63. The summed E-state index contributed by atoms with van der Waals surface area (Å²) in [4.78, 5) is 0. The SMILES string of the molecule is c1ccc(CN[C@H]2CCCC[C@H]2NCc2ccccc2)cc1. The molecule has 2 atom stereocenters. The van der Waals surface area contributed by atoms with Crippen LogP contribution in [0.25, 0.3) is 0 Å². The summed E-state index contributed by atoms with van der Waals surface area (Å²) in [5, 5.41) is 7.52. The molecule has 2 nitrogen and oxygen atoms in total. The van der Waals surface area contributed by atoms with E-state index in [1.54, 1.807) is 0 Å². The van der Waals surface area contributed by atoms with Crippen LogP contribution >= 0.6 is 0 Å². The molecule has 1 fully saturated rings. The molecule has 0 radical (unpaired) electrons. The van der Waals surface area contributed by atoms with Crippen molar-refractivity contribution in [3.8, 4) is 0 Å². The van der Waals surface area contributed by atoms with Crippen molar-refractivity contribution in [1.29, 1.82) is 0 Å². The Morgan fingerprint density at radius 1 is 0.636 bits per heavy atom. The summed E-state index contributed by atoms with van der Waals surface area (Å²) < 4.78 is 0. The van der Waals surface area contributed by atoms with E-state index in [-0.39, 0.29) is 0 Å². The van der Waals surface area contributed by atoms with E-state index in [0.717, 1.165) is 13.1 Å². The zero-order chi connectivity index (χ0) is 15.0. The fraction of sp³-hybridized carbons (Fsp3) is 0.400. The molecule has 1 saturated carbocycles. The fourth-order valence-electron chi connectivity index (χ4n) is 3.31. The van der Waals surface area contributed by atoms with Crippen LogP contribution in [0.1, 0.15) is 36.8 Å². The second-order valence-electron chi connectivity index (χ2n) is 6.23. The summed E-state index contributed by atoms with van der Waals surface area (Å²) >= 11 is 0. The molecule has 0 spiro atoms. The van der Waals surface area contributed by atoms with Crippen LogP contribution in [0.4, 0.5) is 0 Å². The Morgan fingerprint density at radius 2 is 1.05 bits per heavy atom. The number of nitrogens with one attached hydrogen (secondary N) is 2. The summed E-state index contributed by atoms with van der Waals surface area (Å²) in [6.45, 7) is 1.93. The first-order chi connectivity index (χ1) is 10.9. The van der Waals surface area contributed by atoms with Gasteiger partial charge in [0, 0.05) is 25.2 Å². The largest absolute Gasteiger partial charge is 0.308 e. The van der Waals surface area contributed by atoms with E-state index in [4.69, 9.17) is 0 Å². The molecule has 0 bridgehead atoms. The maximum Gasteiger partial charge on any atom is 0.0224 e. The maximum absolute atomic E-state index is 3.76. The van der Waals surface area contributed by atoms with Gasteiger partial charge in [0.25, 0.3) is 0 Å². The molecule has 2 aromatic carbocycles. The Hall–Kier alpha value is -1.64. The van der Waals surface area contributed by atoms with Gasteiger partial charge in [0.1, 0.15) is 0 Å². The predicted octanol–water partition coefficient (Wildman–Crippen LogP) is 3.88. The van der Waals surface area contributed by atoms with E-state index >= 15 is 0 Å².